The minimum Gasteiger partial charge on any atom is -0.391 e. The molecule has 1 N–H and O–H groups in total. The monoisotopic (exact) mass is 261 g/mol. The highest BCUT2D eigenvalue weighted by molar-refractivity contribution is 9.10. The summed E-state index contributed by atoms with van der Waals surface area (Å²) in [6.07, 6.45) is 4.62. The Morgan fingerprint density at radius 2 is 2.00 bits per heavy atom. The maximum atomic E-state index is 11.7. The molecule has 0 aromatic rings. The summed E-state index contributed by atoms with van der Waals surface area (Å²) in [5, 5.41) is 9.82. The lowest BCUT2D eigenvalue weighted by atomic mass is 9.91. The van der Waals surface area contributed by atoms with Gasteiger partial charge in [0.05, 0.1) is 17.0 Å². The summed E-state index contributed by atoms with van der Waals surface area (Å²) in [6.45, 7) is 0.802. The number of carbonyl (C=O) groups is 1. The first-order valence-corrected chi connectivity index (χ1v) is 6.24. The zero-order valence-corrected chi connectivity index (χ0v) is 9.74. The lowest BCUT2D eigenvalue weighted by Gasteiger charge is -2.35. The van der Waals surface area contributed by atoms with Gasteiger partial charge in [-0.3, -0.25) is 4.79 Å². The van der Waals surface area contributed by atoms with E-state index >= 15 is 0 Å². The van der Waals surface area contributed by atoms with Gasteiger partial charge in [-0.25, -0.2) is 0 Å². The molecular weight excluding hydrogens is 246 g/mol. The van der Waals surface area contributed by atoms with Gasteiger partial charge in [0.1, 0.15) is 0 Å². The number of likely N-dealkylation sites (tertiary alicyclic amines) is 1. The van der Waals surface area contributed by atoms with Gasteiger partial charge in [-0.1, -0.05) is 28.8 Å². The summed E-state index contributed by atoms with van der Waals surface area (Å²) in [5.41, 5.74) is 0. The van der Waals surface area contributed by atoms with Crippen LogP contribution in [0, 0.1) is 0 Å². The van der Waals surface area contributed by atoms with Crippen molar-refractivity contribution < 1.29 is 9.90 Å². The Hall–Kier alpha value is -0.0900. The summed E-state index contributed by atoms with van der Waals surface area (Å²) in [6, 6.07) is 0.0822. The first kappa shape index (κ1) is 10.4. The lowest BCUT2D eigenvalue weighted by molar-refractivity contribution is -0.132. The van der Waals surface area contributed by atoms with Crippen molar-refractivity contribution in [1.29, 1.82) is 0 Å². The molecule has 1 amide bonds. The number of amides is 1. The van der Waals surface area contributed by atoms with Crippen molar-refractivity contribution >= 4 is 21.8 Å². The molecule has 2 rings (SSSR count). The Bertz CT molecular complexity index is 234. The number of hydrogen-bond acceptors (Lipinski definition) is 2. The number of carbonyl (C=O) groups excluding carboxylic acids is 1. The Balaban J connectivity index is 2.03. The van der Waals surface area contributed by atoms with Crippen LogP contribution >= 0.6 is 15.9 Å². The van der Waals surface area contributed by atoms with Gasteiger partial charge >= 0.3 is 0 Å². The Morgan fingerprint density at radius 1 is 1.29 bits per heavy atom. The number of nitrogens with zero attached hydrogens (tertiary/aromatic N) is 1. The van der Waals surface area contributed by atoms with Gasteiger partial charge in [-0.15, -0.1) is 0 Å². The van der Waals surface area contributed by atoms with Crippen molar-refractivity contribution in [3.8, 4) is 0 Å². The summed E-state index contributed by atoms with van der Waals surface area (Å²) >= 11 is 3.36. The van der Waals surface area contributed by atoms with E-state index < -0.39 is 0 Å². The SMILES string of the molecule is O=C1C(Br)CCN1C1CCCCC1O. The van der Waals surface area contributed by atoms with Crippen LogP contribution < -0.4 is 0 Å². The summed E-state index contributed by atoms with van der Waals surface area (Å²) in [4.78, 5) is 13.6. The number of hydrogen-bond donors (Lipinski definition) is 1. The smallest absolute Gasteiger partial charge is 0.236 e. The first-order chi connectivity index (χ1) is 6.70. The highest BCUT2D eigenvalue weighted by atomic mass is 79.9. The fourth-order valence-corrected chi connectivity index (χ4v) is 2.92. The molecule has 3 unspecified atom stereocenters. The normalized spacial score (nSPS) is 39.1. The van der Waals surface area contributed by atoms with E-state index in [4.69, 9.17) is 0 Å². The van der Waals surface area contributed by atoms with Crippen LogP contribution in [0.2, 0.25) is 0 Å². The Labute approximate surface area is 92.6 Å². The van der Waals surface area contributed by atoms with E-state index in [1.54, 1.807) is 0 Å². The average molecular weight is 262 g/mol. The summed E-state index contributed by atoms with van der Waals surface area (Å²) in [7, 11) is 0. The molecule has 2 aliphatic rings. The zero-order valence-electron chi connectivity index (χ0n) is 8.16. The van der Waals surface area contributed by atoms with E-state index in [0.717, 1.165) is 38.6 Å². The Morgan fingerprint density at radius 3 is 2.57 bits per heavy atom. The van der Waals surface area contributed by atoms with Crippen LogP contribution in [0.5, 0.6) is 0 Å². The maximum Gasteiger partial charge on any atom is 0.236 e. The third-order valence-electron chi connectivity index (χ3n) is 3.27. The molecular formula is C10H16BrNO2. The van der Waals surface area contributed by atoms with E-state index in [1.165, 1.54) is 0 Å². The van der Waals surface area contributed by atoms with Gasteiger partial charge in [0.15, 0.2) is 0 Å². The predicted octanol–water partition coefficient (Wildman–Crippen LogP) is 1.29. The molecule has 4 heteroatoms. The standard InChI is InChI=1S/C10H16BrNO2/c11-7-5-6-12(10(7)14)8-3-1-2-4-9(8)13/h7-9,13H,1-6H2. The second-order valence-corrected chi connectivity index (χ2v) is 5.31. The fourth-order valence-electron chi connectivity index (χ4n) is 2.45. The molecule has 0 aromatic carbocycles. The van der Waals surface area contributed by atoms with Crippen LogP contribution in [0.4, 0.5) is 0 Å². The number of halogens is 1. The van der Waals surface area contributed by atoms with Crippen molar-refractivity contribution in [3.63, 3.8) is 0 Å². The van der Waals surface area contributed by atoms with Gasteiger partial charge in [0, 0.05) is 6.54 Å². The quantitative estimate of drug-likeness (QED) is 0.723. The fraction of sp³-hybridized carbons (Fsp3) is 0.900. The van der Waals surface area contributed by atoms with Crippen LogP contribution in [0.15, 0.2) is 0 Å². The zero-order chi connectivity index (χ0) is 10.1. The third kappa shape index (κ3) is 1.82. The highest BCUT2D eigenvalue weighted by Crippen LogP contribution is 2.28. The molecule has 14 heavy (non-hydrogen) atoms. The molecule has 1 aliphatic heterocycles. The van der Waals surface area contributed by atoms with E-state index in [1.807, 2.05) is 4.90 Å². The van der Waals surface area contributed by atoms with Crippen LogP contribution in [0.1, 0.15) is 32.1 Å². The van der Waals surface area contributed by atoms with Crippen molar-refractivity contribution in [1.82, 2.24) is 4.90 Å². The number of aliphatic hydroxyl groups excluding tert-OH is 1. The number of rotatable bonds is 1. The van der Waals surface area contributed by atoms with Crippen molar-refractivity contribution in [2.24, 2.45) is 0 Å². The molecule has 1 saturated heterocycles. The van der Waals surface area contributed by atoms with E-state index in [-0.39, 0.29) is 22.9 Å². The second kappa shape index (κ2) is 4.19. The minimum atomic E-state index is -0.300. The molecule has 1 heterocycles. The van der Waals surface area contributed by atoms with Gasteiger partial charge in [-0.2, -0.15) is 0 Å². The molecule has 3 atom stereocenters. The van der Waals surface area contributed by atoms with Gasteiger partial charge in [-0.05, 0) is 19.3 Å². The Kier molecular flexibility index (Phi) is 3.12. The molecule has 1 saturated carbocycles. The van der Waals surface area contributed by atoms with E-state index in [0.29, 0.717) is 0 Å². The van der Waals surface area contributed by atoms with Crippen LogP contribution in [0.25, 0.3) is 0 Å². The second-order valence-electron chi connectivity index (χ2n) is 4.21. The molecule has 0 spiro atoms. The molecule has 0 radical (unpaired) electrons. The average Bonchev–Trinajstić information content (AvgIpc) is 2.49. The molecule has 80 valence electrons. The summed E-state index contributed by atoms with van der Waals surface area (Å²) in [5.74, 6) is 0.163. The van der Waals surface area contributed by atoms with Crippen LogP contribution in [0.3, 0.4) is 0 Å². The van der Waals surface area contributed by atoms with Crippen molar-refractivity contribution in [3.05, 3.63) is 0 Å². The number of alkyl halides is 1. The highest BCUT2D eigenvalue weighted by Gasteiger charge is 2.38. The topological polar surface area (TPSA) is 40.5 Å². The van der Waals surface area contributed by atoms with Crippen LogP contribution in [-0.2, 0) is 4.79 Å². The lowest BCUT2D eigenvalue weighted by Crippen LogP contribution is -2.46. The molecule has 2 fully saturated rings. The molecule has 0 bridgehead atoms. The van der Waals surface area contributed by atoms with E-state index in [9.17, 15) is 9.90 Å². The minimum absolute atomic E-state index is 0.0170. The maximum absolute atomic E-state index is 11.7. The van der Waals surface area contributed by atoms with Crippen molar-refractivity contribution in [2.75, 3.05) is 6.54 Å². The molecule has 0 aromatic heterocycles. The number of aliphatic hydroxyl groups is 1. The first-order valence-electron chi connectivity index (χ1n) is 5.33. The predicted molar refractivity (Wildman–Crippen MR) is 57.3 cm³/mol. The van der Waals surface area contributed by atoms with E-state index in [2.05, 4.69) is 15.9 Å². The van der Waals surface area contributed by atoms with Gasteiger partial charge in [0.2, 0.25) is 5.91 Å². The molecule has 1 aliphatic carbocycles. The van der Waals surface area contributed by atoms with Gasteiger partial charge in [0.25, 0.3) is 0 Å². The van der Waals surface area contributed by atoms with Crippen molar-refractivity contribution in [2.45, 2.75) is 49.1 Å². The van der Waals surface area contributed by atoms with Crippen LogP contribution in [-0.4, -0.2) is 39.4 Å². The summed E-state index contributed by atoms with van der Waals surface area (Å²) < 4.78 is 0. The largest absolute Gasteiger partial charge is 0.391 e. The molecule has 3 nitrogen and oxygen atoms in total. The van der Waals surface area contributed by atoms with Gasteiger partial charge < -0.3 is 10.0 Å². The third-order valence-corrected chi connectivity index (χ3v) is 4.12.